The Kier molecular flexibility index (Phi) is 7.59. The van der Waals surface area contributed by atoms with Crippen LogP contribution in [0.5, 0.6) is 0 Å². The number of rotatable bonds is 7. The van der Waals surface area contributed by atoms with Crippen LogP contribution in [0, 0.1) is 6.92 Å². The lowest BCUT2D eigenvalue weighted by Gasteiger charge is -2.31. The summed E-state index contributed by atoms with van der Waals surface area (Å²) in [5.41, 5.74) is 2.44. The second-order valence-electron chi connectivity index (χ2n) is 7.28. The molecule has 0 saturated carbocycles. The molecule has 1 aliphatic heterocycles. The quantitative estimate of drug-likeness (QED) is 0.673. The highest BCUT2D eigenvalue weighted by atomic mass is 35.5. The van der Waals surface area contributed by atoms with Crippen LogP contribution in [0.4, 0.5) is 11.4 Å². The van der Waals surface area contributed by atoms with Gasteiger partial charge in [0.15, 0.2) is 0 Å². The number of ether oxygens (including phenoxy) is 1. The van der Waals surface area contributed by atoms with Crippen LogP contribution in [-0.2, 0) is 14.8 Å². The van der Waals surface area contributed by atoms with Gasteiger partial charge in [0.25, 0.3) is 5.91 Å². The van der Waals surface area contributed by atoms with E-state index in [9.17, 15) is 13.2 Å². The van der Waals surface area contributed by atoms with Crippen molar-refractivity contribution in [3.8, 4) is 0 Å². The van der Waals surface area contributed by atoms with Gasteiger partial charge in [-0.25, -0.2) is 8.42 Å². The zero-order valence-electron chi connectivity index (χ0n) is 18.0. The van der Waals surface area contributed by atoms with Gasteiger partial charge in [0, 0.05) is 42.6 Å². The number of anilines is 2. The molecule has 31 heavy (non-hydrogen) atoms. The summed E-state index contributed by atoms with van der Waals surface area (Å²) in [6.45, 7) is 8.51. The van der Waals surface area contributed by atoms with Crippen molar-refractivity contribution in [2.24, 2.45) is 0 Å². The molecule has 0 bridgehead atoms. The molecule has 2 aromatic rings. The van der Waals surface area contributed by atoms with E-state index in [1.54, 1.807) is 44.2 Å². The molecule has 1 aliphatic rings. The van der Waals surface area contributed by atoms with Gasteiger partial charge in [-0.3, -0.25) is 4.79 Å². The zero-order chi connectivity index (χ0) is 22.6. The van der Waals surface area contributed by atoms with E-state index in [0.29, 0.717) is 61.4 Å². The smallest absolute Gasteiger partial charge is 0.257 e. The van der Waals surface area contributed by atoms with Crippen LogP contribution in [-0.4, -0.2) is 58.0 Å². The number of sulfonamides is 1. The summed E-state index contributed by atoms with van der Waals surface area (Å²) >= 11 is 6.02. The molecule has 2 aromatic carbocycles. The van der Waals surface area contributed by atoms with Crippen LogP contribution in [0.15, 0.2) is 41.3 Å². The Balaban J connectivity index is 2.04. The Morgan fingerprint density at radius 1 is 1.13 bits per heavy atom. The molecule has 0 atom stereocenters. The predicted molar refractivity (Wildman–Crippen MR) is 124 cm³/mol. The van der Waals surface area contributed by atoms with E-state index in [1.807, 2.05) is 11.8 Å². The van der Waals surface area contributed by atoms with Crippen molar-refractivity contribution in [1.82, 2.24) is 4.31 Å². The molecular weight excluding hydrogens is 438 g/mol. The highest BCUT2D eigenvalue weighted by molar-refractivity contribution is 7.89. The van der Waals surface area contributed by atoms with Gasteiger partial charge in [-0.1, -0.05) is 25.4 Å². The number of hydrogen-bond donors (Lipinski definition) is 1. The zero-order valence-corrected chi connectivity index (χ0v) is 19.6. The third-order valence-corrected chi connectivity index (χ3v) is 7.63. The summed E-state index contributed by atoms with van der Waals surface area (Å²) in [7, 11) is -3.70. The molecule has 1 heterocycles. The van der Waals surface area contributed by atoms with E-state index in [0.717, 1.165) is 5.56 Å². The third-order valence-electron chi connectivity index (χ3n) is 5.34. The number of amides is 1. The van der Waals surface area contributed by atoms with Crippen LogP contribution >= 0.6 is 11.6 Å². The monoisotopic (exact) mass is 465 g/mol. The first kappa shape index (κ1) is 23.5. The van der Waals surface area contributed by atoms with E-state index in [1.165, 1.54) is 10.4 Å². The number of carbonyl (C=O) groups is 1. The van der Waals surface area contributed by atoms with Crippen molar-refractivity contribution in [2.75, 3.05) is 49.6 Å². The summed E-state index contributed by atoms with van der Waals surface area (Å²) in [6.07, 6.45) is 0. The van der Waals surface area contributed by atoms with Gasteiger partial charge in [-0.15, -0.1) is 0 Å². The molecule has 168 valence electrons. The highest BCUT2D eigenvalue weighted by Gasteiger charge is 2.26. The fraction of sp³-hybridized carbons (Fsp3) is 0.409. The van der Waals surface area contributed by atoms with Gasteiger partial charge in [-0.05, 0) is 48.9 Å². The molecule has 1 saturated heterocycles. The molecule has 0 unspecified atom stereocenters. The lowest BCUT2D eigenvalue weighted by Crippen LogP contribution is -2.37. The van der Waals surface area contributed by atoms with E-state index in [2.05, 4.69) is 5.32 Å². The predicted octanol–water partition coefficient (Wildman–Crippen LogP) is 3.77. The Hall–Kier alpha value is -2.13. The van der Waals surface area contributed by atoms with Crippen LogP contribution in [0.25, 0.3) is 0 Å². The number of aryl methyl sites for hydroxylation is 1. The fourth-order valence-electron chi connectivity index (χ4n) is 3.61. The SMILES string of the molecule is CCN(CC)S(=O)(=O)c1ccc(N2CCOCC2)c(C(=O)Nc2ccc(Cl)cc2C)c1. The molecule has 1 N–H and O–H groups in total. The van der Waals surface area contributed by atoms with Gasteiger partial charge < -0.3 is 15.0 Å². The maximum atomic E-state index is 13.3. The summed E-state index contributed by atoms with van der Waals surface area (Å²) in [5, 5.41) is 3.49. The number of carbonyl (C=O) groups excluding carboxylic acids is 1. The molecule has 0 spiro atoms. The Morgan fingerprint density at radius 3 is 2.42 bits per heavy atom. The first-order valence-electron chi connectivity index (χ1n) is 10.3. The third kappa shape index (κ3) is 5.20. The minimum atomic E-state index is -3.70. The minimum Gasteiger partial charge on any atom is -0.378 e. The van der Waals surface area contributed by atoms with E-state index < -0.39 is 10.0 Å². The summed E-state index contributed by atoms with van der Waals surface area (Å²) in [6, 6.07) is 9.96. The molecular formula is C22H28ClN3O4S. The topological polar surface area (TPSA) is 79.0 Å². The van der Waals surface area contributed by atoms with Crippen LogP contribution < -0.4 is 10.2 Å². The molecule has 1 fully saturated rings. The summed E-state index contributed by atoms with van der Waals surface area (Å²) in [5.74, 6) is -0.372. The fourth-order valence-corrected chi connectivity index (χ4v) is 5.32. The number of halogens is 1. The molecule has 7 nitrogen and oxygen atoms in total. The van der Waals surface area contributed by atoms with Crippen LogP contribution in [0.1, 0.15) is 29.8 Å². The molecule has 0 aromatic heterocycles. The normalized spacial score (nSPS) is 14.7. The molecule has 9 heteroatoms. The average Bonchev–Trinajstić information content (AvgIpc) is 2.76. The molecule has 1 amide bonds. The van der Waals surface area contributed by atoms with E-state index in [-0.39, 0.29) is 10.8 Å². The van der Waals surface area contributed by atoms with Crippen molar-refractivity contribution in [3.05, 3.63) is 52.5 Å². The average molecular weight is 466 g/mol. The second-order valence-corrected chi connectivity index (χ2v) is 9.66. The lowest BCUT2D eigenvalue weighted by molar-refractivity contribution is 0.102. The van der Waals surface area contributed by atoms with Crippen molar-refractivity contribution in [3.63, 3.8) is 0 Å². The van der Waals surface area contributed by atoms with Crippen molar-refractivity contribution in [2.45, 2.75) is 25.7 Å². The van der Waals surface area contributed by atoms with Crippen LogP contribution in [0.3, 0.4) is 0 Å². The van der Waals surface area contributed by atoms with Gasteiger partial charge in [0.05, 0.1) is 23.7 Å². The number of nitrogens with zero attached hydrogens (tertiary/aromatic N) is 2. The minimum absolute atomic E-state index is 0.103. The standard InChI is InChI=1S/C22H28ClN3O4S/c1-4-26(5-2)31(28,29)18-7-9-21(25-10-12-30-13-11-25)19(15-18)22(27)24-20-8-6-17(23)14-16(20)3/h6-9,14-15H,4-5,10-13H2,1-3H3,(H,24,27). The first-order chi connectivity index (χ1) is 14.8. The van der Waals surface area contributed by atoms with Crippen molar-refractivity contribution >= 4 is 38.9 Å². The summed E-state index contributed by atoms with van der Waals surface area (Å²) < 4.78 is 32.9. The van der Waals surface area contributed by atoms with Crippen LogP contribution in [0.2, 0.25) is 5.02 Å². The Labute approximate surface area is 189 Å². The van der Waals surface area contributed by atoms with Gasteiger partial charge in [-0.2, -0.15) is 4.31 Å². The Bertz CT molecular complexity index is 1050. The number of benzene rings is 2. The van der Waals surface area contributed by atoms with E-state index >= 15 is 0 Å². The van der Waals surface area contributed by atoms with Crippen molar-refractivity contribution in [1.29, 1.82) is 0 Å². The van der Waals surface area contributed by atoms with Gasteiger partial charge >= 0.3 is 0 Å². The largest absolute Gasteiger partial charge is 0.378 e. The highest BCUT2D eigenvalue weighted by Crippen LogP contribution is 2.28. The van der Waals surface area contributed by atoms with Crippen molar-refractivity contribution < 1.29 is 17.9 Å². The maximum Gasteiger partial charge on any atom is 0.257 e. The first-order valence-corrected chi connectivity index (χ1v) is 12.1. The maximum absolute atomic E-state index is 13.3. The molecule has 0 aliphatic carbocycles. The molecule has 3 rings (SSSR count). The summed E-state index contributed by atoms with van der Waals surface area (Å²) in [4.78, 5) is 15.4. The van der Waals surface area contributed by atoms with E-state index in [4.69, 9.17) is 16.3 Å². The van der Waals surface area contributed by atoms with Gasteiger partial charge in [0.2, 0.25) is 10.0 Å². The Morgan fingerprint density at radius 2 is 1.81 bits per heavy atom. The second kappa shape index (κ2) is 9.99. The molecule has 0 radical (unpaired) electrons. The number of nitrogens with one attached hydrogen (secondary N) is 1. The lowest BCUT2D eigenvalue weighted by atomic mass is 10.1. The van der Waals surface area contributed by atoms with Gasteiger partial charge in [0.1, 0.15) is 0 Å². The number of hydrogen-bond acceptors (Lipinski definition) is 5. The number of morpholine rings is 1.